The van der Waals surface area contributed by atoms with E-state index in [-0.39, 0.29) is 6.61 Å². The molecule has 1 rings (SSSR count). The normalized spacial score (nSPS) is 20.5. The predicted molar refractivity (Wildman–Crippen MR) is 42.3 cm³/mol. The largest absolute Gasteiger partial charge is 0.394 e. The second-order valence-corrected chi connectivity index (χ2v) is 2.63. The molecule has 0 saturated carbocycles. The highest BCUT2D eigenvalue weighted by atomic mass is 16.5. The van der Waals surface area contributed by atoms with E-state index in [0.717, 1.165) is 26.2 Å². The summed E-state index contributed by atoms with van der Waals surface area (Å²) in [6.45, 7) is 5.40. The van der Waals surface area contributed by atoms with Crippen LogP contribution in [-0.4, -0.2) is 56.1 Å². The van der Waals surface area contributed by atoms with Gasteiger partial charge in [0.15, 0.2) is 0 Å². The second kappa shape index (κ2) is 5.49. The zero-order valence-corrected chi connectivity index (χ0v) is 6.75. The third-order valence-electron chi connectivity index (χ3n) is 1.72. The van der Waals surface area contributed by atoms with E-state index in [2.05, 4.69) is 10.2 Å². The first-order chi connectivity index (χ1) is 5.43. The summed E-state index contributed by atoms with van der Waals surface area (Å²) in [4.78, 5) is 2.23. The Morgan fingerprint density at radius 2 is 2.09 bits per heavy atom. The van der Waals surface area contributed by atoms with Gasteiger partial charge in [0.25, 0.3) is 0 Å². The van der Waals surface area contributed by atoms with Crippen LogP contribution in [0.1, 0.15) is 0 Å². The molecule has 0 aliphatic carbocycles. The minimum Gasteiger partial charge on any atom is -0.394 e. The maximum Gasteiger partial charge on any atom is 0.0992 e. The minimum atomic E-state index is 0.117. The summed E-state index contributed by atoms with van der Waals surface area (Å²) in [6.07, 6.45) is 0. The number of ether oxygens (including phenoxy) is 1. The van der Waals surface area contributed by atoms with Crippen LogP contribution in [0.2, 0.25) is 0 Å². The molecule has 1 heterocycles. The Morgan fingerprint density at radius 1 is 1.36 bits per heavy atom. The molecule has 1 aliphatic heterocycles. The van der Waals surface area contributed by atoms with Gasteiger partial charge in [-0.15, -0.1) is 0 Å². The molecule has 0 spiro atoms. The van der Waals surface area contributed by atoms with E-state index in [4.69, 9.17) is 9.84 Å². The molecule has 0 bridgehead atoms. The number of piperazine rings is 1. The average Bonchev–Trinajstić information content (AvgIpc) is 2.07. The maximum atomic E-state index is 8.44. The molecular formula is C7H16N2O2. The smallest absolute Gasteiger partial charge is 0.0992 e. The number of hydrogen-bond donors (Lipinski definition) is 2. The second-order valence-electron chi connectivity index (χ2n) is 2.63. The van der Waals surface area contributed by atoms with Gasteiger partial charge >= 0.3 is 0 Å². The van der Waals surface area contributed by atoms with Crippen LogP contribution in [0.3, 0.4) is 0 Å². The van der Waals surface area contributed by atoms with Gasteiger partial charge < -0.3 is 15.2 Å². The highest BCUT2D eigenvalue weighted by molar-refractivity contribution is 4.64. The monoisotopic (exact) mass is 160 g/mol. The van der Waals surface area contributed by atoms with Crippen molar-refractivity contribution >= 4 is 0 Å². The number of aliphatic hydroxyl groups excluding tert-OH is 1. The van der Waals surface area contributed by atoms with Crippen LogP contribution >= 0.6 is 0 Å². The molecule has 0 amide bonds. The fourth-order valence-electron chi connectivity index (χ4n) is 1.10. The van der Waals surface area contributed by atoms with Crippen molar-refractivity contribution in [3.63, 3.8) is 0 Å². The Balaban J connectivity index is 1.96. The number of rotatable bonds is 4. The van der Waals surface area contributed by atoms with E-state index >= 15 is 0 Å². The Bertz CT molecular complexity index is 94.4. The van der Waals surface area contributed by atoms with E-state index in [1.165, 1.54) is 0 Å². The van der Waals surface area contributed by atoms with Crippen molar-refractivity contribution in [2.24, 2.45) is 0 Å². The number of nitrogens with zero attached hydrogens (tertiary/aromatic N) is 1. The Hall–Kier alpha value is -0.160. The molecule has 0 aromatic carbocycles. The molecule has 4 heteroatoms. The summed E-state index contributed by atoms with van der Waals surface area (Å²) in [7, 11) is 0. The summed E-state index contributed by atoms with van der Waals surface area (Å²) < 4.78 is 5.17. The molecule has 1 aliphatic rings. The molecule has 0 radical (unpaired) electrons. The van der Waals surface area contributed by atoms with E-state index in [1.54, 1.807) is 0 Å². The summed E-state index contributed by atoms with van der Waals surface area (Å²) in [6, 6.07) is 0. The van der Waals surface area contributed by atoms with Crippen LogP contribution in [0.4, 0.5) is 0 Å². The van der Waals surface area contributed by atoms with Crippen LogP contribution in [0.25, 0.3) is 0 Å². The van der Waals surface area contributed by atoms with Crippen molar-refractivity contribution < 1.29 is 9.84 Å². The van der Waals surface area contributed by atoms with Crippen molar-refractivity contribution in [1.29, 1.82) is 0 Å². The van der Waals surface area contributed by atoms with Crippen LogP contribution in [-0.2, 0) is 4.74 Å². The molecule has 1 fully saturated rings. The fraction of sp³-hybridized carbons (Fsp3) is 1.00. The van der Waals surface area contributed by atoms with Gasteiger partial charge in [0.05, 0.1) is 19.9 Å². The van der Waals surface area contributed by atoms with Gasteiger partial charge in [0, 0.05) is 26.2 Å². The predicted octanol–water partition coefficient (Wildman–Crippen LogP) is -1.14. The molecule has 1 saturated heterocycles. The summed E-state index contributed by atoms with van der Waals surface area (Å²) in [5, 5.41) is 11.7. The van der Waals surface area contributed by atoms with E-state index in [1.807, 2.05) is 0 Å². The molecular weight excluding hydrogens is 144 g/mol. The van der Waals surface area contributed by atoms with Crippen molar-refractivity contribution in [2.45, 2.75) is 0 Å². The number of nitrogens with one attached hydrogen (secondary N) is 1. The highest BCUT2D eigenvalue weighted by Crippen LogP contribution is 1.91. The van der Waals surface area contributed by atoms with Gasteiger partial charge in [-0.1, -0.05) is 0 Å². The van der Waals surface area contributed by atoms with E-state index < -0.39 is 0 Å². The topological polar surface area (TPSA) is 44.7 Å². The minimum absolute atomic E-state index is 0.117. The first kappa shape index (κ1) is 8.93. The third-order valence-corrected chi connectivity index (χ3v) is 1.72. The lowest BCUT2D eigenvalue weighted by Crippen LogP contribution is -2.44. The number of hydrogen-bond acceptors (Lipinski definition) is 4. The lowest BCUT2D eigenvalue weighted by molar-refractivity contribution is 0.00673. The van der Waals surface area contributed by atoms with Crippen LogP contribution in [0, 0.1) is 0 Å². The number of aliphatic hydroxyl groups is 1. The zero-order valence-electron chi connectivity index (χ0n) is 6.75. The lowest BCUT2D eigenvalue weighted by Gasteiger charge is -2.26. The van der Waals surface area contributed by atoms with E-state index in [0.29, 0.717) is 13.3 Å². The van der Waals surface area contributed by atoms with Crippen molar-refractivity contribution in [3.05, 3.63) is 0 Å². The Kier molecular flexibility index (Phi) is 4.45. The molecule has 0 aromatic rings. The summed E-state index contributed by atoms with van der Waals surface area (Å²) in [5.41, 5.74) is 0. The quantitative estimate of drug-likeness (QED) is 0.510. The first-order valence-corrected chi connectivity index (χ1v) is 4.05. The third kappa shape index (κ3) is 3.67. The summed E-state index contributed by atoms with van der Waals surface area (Å²) in [5.74, 6) is 0. The average molecular weight is 160 g/mol. The molecule has 66 valence electrons. The van der Waals surface area contributed by atoms with Crippen molar-refractivity contribution in [2.75, 3.05) is 46.1 Å². The van der Waals surface area contributed by atoms with Crippen LogP contribution in [0.15, 0.2) is 0 Å². The van der Waals surface area contributed by atoms with Gasteiger partial charge in [-0.25, -0.2) is 0 Å². The standard InChI is InChI=1S/C7H16N2O2/c10-5-6-11-7-9-3-1-8-2-4-9/h8,10H,1-7H2. The van der Waals surface area contributed by atoms with Gasteiger partial charge in [-0.2, -0.15) is 0 Å². The molecule has 0 atom stereocenters. The Morgan fingerprint density at radius 3 is 2.73 bits per heavy atom. The maximum absolute atomic E-state index is 8.44. The van der Waals surface area contributed by atoms with Gasteiger partial charge in [-0.3, -0.25) is 4.90 Å². The zero-order chi connectivity index (χ0) is 7.94. The molecule has 11 heavy (non-hydrogen) atoms. The van der Waals surface area contributed by atoms with Gasteiger partial charge in [0.2, 0.25) is 0 Å². The molecule has 0 unspecified atom stereocenters. The van der Waals surface area contributed by atoms with Crippen molar-refractivity contribution in [3.8, 4) is 0 Å². The lowest BCUT2D eigenvalue weighted by atomic mass is 10.4. The SMILES string of the molecule is OCCOCN1CCNCC1. The van der Waals surface area contributed by atoms with Gasteiger partial charge in [-0.05, 0) is 0 Å². The molecule has 2 N–H and O–H groups in total. The summed E-state index contributed by atoms with van der Waals surface area (Å²) >= 11 is 0. The Labute approximate surface area is 67.1 Å². The molecule has 0 aromatic heterocycles. The molecule has 4 nitrogen and oxygen atoms in total. The van der Waals surface area contributed by atoms with Gasteiger partial charge in [0.1, 0.15) is 0 Å². The van der Waals surface area contributed by atoms with E-state index in [9.17, 15) is 0 Å². The first-order valence-electron chi connectivity index (χ1n) is 4.05. The van der Waals surface area contributed by atoms with Crippen molar-refractivity contribution in [1.82, 2.24) is 10.2 Å². The highest BCUT2D eigenvalue weighted by Gasteiger charge is 2.07. The van der Waals surface area contributed by atoms with Crippen LogP contribution in [0.5, 0.6) is 0 Å². The fourth-order valence-corrected chi connectivity index (χ4v) is 1.10. The van der Waals surface area contributed by atoms with Crippen LogP contribution < -0.4 is 5.32 Å².